The van der Waals surface area contributed by atoms with E-state index in [1.165, 1.54) is 6.07 Å². The Labute approximate surface area is 136 Å². The Hall–Kier alpha value is -1.44. The highest BCUT2D eigenvalue weighted by Crippen LogP contribution is 2.24. The number of sulfonamides is 1. The average molecular weight is 341 g/mol. The number of hydrogen-bond donors (Lipinski definition) is 2. The largest absolute Gasteiger partial charge is 0.481 e. The van der Waals surface area contributed by atoms with Crippen LogP contribution in [0.5, 0.6) is 0 Å². The van der Waals surface area contributed by atoms with Crippen molar-refractivity contribution in [1.29, 1.82) is 0 Å². The third kappa shape index (κ3) is 4.53. The molecular weight excluding hydrogens is 318 g/mol. The summed E-state index contributed by atoms with van der Waals surface area (Å²) in [5.74, 6) is -1.77. The van der Waals surface area contributed by atoms with Crippen molar-refractivity contribution < 1.29 is 23.1 Å². The standard InChI is InChI=1S/C16H23NO5S/c1-11-3-4-14(9-12(11)2)23(20,21)17-10-15(16(18)19)13-5-7-22-8-6-13/h3-4,9,13,15,17H,5-8,10H2,1-2H3,(H,18,19). The highest BCUT2D eigenvalue weighted by atomic mass is 32.2. The maximum Gasteiger partial charge on any atom is 0.308 e. The summed E-state index contributed by atoms with van der Waals surface area (Å²) in [6, 6.07) is 4.88. The number of hydrogen-bond acceptors (Lipinski definition) is 4. The van der Waals surface area contributed by atoms with E-state index in [0.29, 0.717) is 26.1 Å². The molecule has 0 amide bonds. The van der Waals surface area contributed by atoms with Crippen LogP contribution in [0.25, 0.3) is 0 Å². The summed E-state index contributed by atoms with van der Waals surface area (Å²) >= 11 is 0. The van der Waals surface area contributed by atoms with Crippen molar-refractivity contribution in [2.75, 3.05) is 19.8 Å². The first-order chi connectivity index (χ1) is 10.8. The van der Waals surface area contributed by atoms with Crippen LogP contribution in [0, 0.1) is 25.7 Å². The molecule has 1 aromatic rings. The molecule has 7 heteroatoms. The van der Waals surface area contributed by atoms with E-state index in [9.17, 15) is 18.3 Å². The summed E-state index contributed by atoms with van der Waals surface area (Å²) in [6.07, 6.45) is 1.28. The Bertz CT molecular complexity index is 665. The first kappa shape index (κ1) is 17.9. The Morgan fingerprint density at radius 2 is 1.96 bits per heavy atom. The minimum Gasteiger partial charge on any atom is -0.481 e. The van der Waals surface area contributed by atoms with Gasteiger partial charge in [0, 0.05) is 19.8 Å². The Morgan fingerprint density at radius 3 is 2.52 bits per heavy atom. The molecular formula is C16H23NO5S. The topological polar surface area (TPSA) is 92.7 Å². The molecule has 1 aliphatic rings. The zero-order chi connectivity index (χ0) is 17.0. The third-order valence-corrected chi connectivity index (χ3v) is 5.86. The second kappa shape index (κ2) is 7.42. The van der Waals surface area contributed by atoms with Crippen molar-refractivity contribution in [3.63, 3.8) is 0 Å². The Balaban J connectivity index is 2.09. The highest BCUT2D eigenvalue weighted by molar-refractivity contribution is 7.89. The number of rotatable bonds is 6. The number of benzene rings is 1. The van der Waals surface area contributed by atoms with Crippen LogP contribution in [-0.2, 0) is 19.6 Å². The van der Waals surface area contributed by atoms with Gasteiger partial charge in [0.25, 0.3) is 0 Å². The maximum absolute atomic E-state index is 12.4. The smallest absolute Gasteiger partial charge is 0.308 e. The quantitative estimate of drug-likeness (QED) is 0.822. The molecule has 1 fully saturated rings. The zero-order valence-electron chi connectivity index (χ0n) is 13.4. The average Bonchev–Trinajstić information content (AvgIpc) is 2.50. The van der Waals surface area contributed by atoms with Gasteiger partial charge in [-0.05, 0) is 55.9 Å². The number of ether oxygens (including phenoxy) is 1. The fourth-order valence-electron chi connectivity index (χ4n) is 2.74. The van der Waals surface area contributed by atoms with Crippen LogP contribution < -0.4 is 4.72 Å². The second-order valence-electron chi connectivity index (χ2n) is 5.99. The van der Waals surface area contributed by atoms with Crippen molar-refractivity contribution in [1.82, 2.24) is 4.72 Å². The van der Waals surface area contributed by atoms with Gasteiger partial charge in [-0.1, -0.05) is 6.07 Å². The minimum atomic E-state index is -3.71. The zero-order valence-corrected chi connectivity index (χ0v) is 14.2. The molecule has 0 bridgehead atoms. The van der Waals surface area contributed by atoms with Crippen molar-refractivity contribution >= 4 is 16.0 Å². The molecule has 128 valence electrons. The number of aryl methyl sites for hydroxylation is 2. The second-order valence-corrected chi connectivity index (χ2v) is 7.76. The number of nitrogens with one attached hydrogen (secondary N) is 1. The summed E-state index contributed by atoms with van der Waals surface area (Å²) < 4.78 is 32.4. The molecule has 0 radical (unpaired) electrons. The molecule has 1 aromatic carbocycles. The molecule has 0 spiro atoms. The van der Waals surface area contributed by atoms with E-state index in [1.54, 1.807) is 12.1 Å². The Kier molecular flexibility index (Phi) is 5.78. The van der Waals surface area contributed by atoms with E-state index in [1.807, 2.05) is 13.8 Å². The van der Waals surface area contributed by atoms with Crippen molar-refractivity contribution in [3.05, 3.63) is 29.3 Å². The monoisotopic (exact) mass is 341 g/mol. The van der Waals surface area contributed by atoms with Crippen LogP contribution in [0.3, 0.4) is 0 Å². The van der Waals surface area contributed by atoms with Gasteiger partial charge in [0.2, 0.25) is 10.0 Å². The lowest BCUT2D eigenvalue weighted by Gasteiger charge is -2.27. The van der Waals surface area contributed by atoms with Crippen LogP contribution in [0.2, 0.25) is 0 Å². The van der Waals surface area contributed by atoms with Crippen LogP contribution in [0.4, 0.5) is 0 Å². The van der Waals surface area contributed by atoms with Gasteiger partial charge in [0.15, 0.2) is 0 Å². The van der Waals surface area contributed by atoms with Gasteiger partial charge >= 0.3 is 5.97 Å². The predicted octanol–water partition coefficient (Wildman–Crippen LogP) is 1.71. The summed E-state index contributed by atoms with van der Waals surface area (Å²) in [5, 5.41) is 9.40. The Morgan fingerprint density at radius 1 is 1.30 bits per heavy atom. The molecule has 2 rings (SSSR count). The fourth-order valence-corrected chi connectivity index (χ4v) is 3.88. The van der Waals surface area contributed by atoms with E-state index in [2.05, 4.69) is 4.72 Å². The molecule has 1 unspecified atom stereocenters. The van der Waals surface area contributed by atoms with Crippen LogP contribution in [0.15, 0.2) is 23.1 Å². The molecule has 2 N–H and O–H groups in total. The highest BCUT2D eigenvalue weighted by Gasteiger charge is 2.31. The lowest BCUT2D eigenvalue weighted by atomic mass is 9.86. The summed E-state index contributed by atoms with van der Waals surface area (Å²) in [7, 11) is -3.71. The normalized spacial score (nSPS) is 17.8. The molecule has 23 heavy (non-hydrogen) atoms. The van der Waals surface area contributed by atoms with Gasteiger partial charge in [-0.3, -0.25) is 4.79 Å². The molecule has 0 aliphatic carbocycles. The number of carboxylic acid groups (broad SMARTS) is 1. The van der Waals surface area contributed by atoms with Gasteiger partial charge in [0.1, 0.15) is 0 Å². The van der Waals surface area contributed by atoms with Gasteiger partial charge in [-0.2, -0.15) is 0 Å². The summed E-state index contributed by atoms with van der Waals surface area (Å²) in [5.41, 5.74) is 1.89. The van der Waals surface area contributed by atoms with Crippen molar-refractivity contribution in [2.24, 2.45) is 11.8 Å². The fraction of sp³-hybridized carbons (Fsp3) is 0.562. The van der Waals surface area contributed by atoms with E-state index >= 15 is 0 Å². The van der Waals surface area contributed by atoms with Crippen molar-refractivity contribution in [3.8, 4) is 0 Å². The lowest BCUT2D eigenvalue weighted by molar-refractivity contribution is -0.144. The van der Waals surface area contributed by atoms with E-state index in [-0.39, 0.29) is 17.4 Å². The van der Waals surface area contributed by atoms with E-state index < -0.39 is 21.9 Å². The SMILES string of the molecule is Cc1ccc(S(=O)(=O)NCC(C(=O)O)C2CCOCC2)cc1C. The van der Waals surface area contributed by atoms with Crippen LogP contribution in [0.1, 0.15) is 24.0 Å². The van der Waals surface area contributed by atoms with E-state index in [0.717, 1.165) is 11.1 Å². The molecule has 1 atom stereocenters. The van der Waals surface area contributed by atoms with Gasteiger partial charge in [-0.15, -0.1) is 0 Å². The van der Waals surface area contributed by atoms with Crippen LogP contribution >= 0.6 is 0 Å². The lowest BCUT2D eigenvalue weighted by Crippen LogP contribution is -2.38. The molecule has 0 saturated carbocycles. The molecule has 1 saturated heterocycles. The molecule has 1 heterocycles. The number of carboxylic acids is 1. The van der Waals surface area contributed by atoms with Crippen LogP contribution in [-0.4, -0.2) is 39.3 Å². The first-order valence-electron chi connectivity index (χ1n) is 7.69. The number of carbonyl (C=O) groups is 1. The third-order valence-electron chi connectivity index (χ3n) is 4.43. The van der Waals surface area contributed by atoms with E-state index in [4.69, 9.17) is 4.74 Å². The summed E-state index contributed by atoms with van der Waals surface area (Å²) in [6.45, 7) is 4.70. The van der Waals surface area contributed by atoms with Crippen molar-refractivity contribution in [2.45, 2.75) is 31.6 Å². The molecule has 0 aromatic heterocycles. The predicted molar refractivity (Wildman–Crippen MR) is 85.8 cm³/mol. The first-order valence-corrected chi connectivity index (χ1v) is 9.17. The molecule has 1 aliphatic heterocycles. The van der Waals surface area contributed by atoms with Gasteiger partial charge in [0.05, 0.1) is 10.8 Å². The van der Waals surface area contributed by atoms with Gasteiger partial charge in [-0.25, -0.2) is 13.1 Å². The minimum absolute atomic E-state index is 0.0660. The molecule has 6 nitrogen and oxygen atoms in total. The number of aliphatic carboxylic acids is 1. The maximum atomic E-state index is 12.4. The summed E-state index contributed by atoms with van der Waals surface area (Å²) in [4.78, 5) is 11.6. The van der Waals surface area contributed by atoms with Gasteiger partial charge < -0.3 is 9.84 Å².